The van der Waals surface area contributed by atoms with E-state index in [-0.39, 0.29) is 11.8 Å². The van der Waals surface area contributed by atoms with Crippen molar-refractivity contribution in [1.29, 1.82) is 0 Å². The highest BCUT2D eigenvalue weighted by Crippen LogP contribution is 2.20. The minimum Gasteiger partial charge on any atom is -0.391 e. The van der Waals surface area contributed by atoms with Crippen LogP contribution >= 0.6 is 0 Å². The summed E-state index contributed by atoms with van der Waals surface area (Å²) in [5.74, 6) is 0.915. The van der Waals surface area contributed by atoms with Crippen LogP contribution in [0.25, 0.3) is 0 Å². The second-order valence-electron chi connectivity index (χ2n) is 5.22. The van der Waals surface area contributed by atoms with E-state index in [0.717, 1.165) is 12.1 Å². The van der Waals surface area contributed by atoms with Gasteiger partial charge in [0, 0.05) is 31.4 Å². The number of aryl methyl sites for hydroxylation is 1. The highest BCUT2D eigenvalue weighted by Gasteiger charge is 2.28. The number of anilines is 1. The van der Waals surface area contributed by atoms with E-state index in [2.05, 4.69) is 10.3 Å². The number of aromatic nitrogens is 1. The molecule has 2 atom stereocenters. The van der Waals surface area contributed by atoms with Crippen molar-refractivity contribution in [3.05, 3.63) is 23.4 Å². The van der Waals surface area contributed by atoms with Crippen molar-refractivity contribution in [2.75, 3.05) is 25.5 Å². The molecule has 2 N–H and O–H groups in total. The lowest BCUT2D eigenvalue weighted by Crippen LogP contribution is -2.45. The van der Waals surface area contributed by atoms with Crippen molar-refractivity contribution in [3.8, 4) is 0 Å². The molecule has 104 valence electrons. The number of carbonyl (C=O) groups is 1. The standard InChI is InChI=1S/C14H21N3O2/c1-9-4-5-17(8-12(9)18)14(19)11-6-10(2)16-13(7-11)15-3/h6-7,9,12,18H,4-5,8H2,1-3H3,(H,15,16). The first kappa shape index (κ1) is 13.8. The molecule has 1 aliphatic heterocycles. The van der Waals surface area contributed by atoms with Crippen LogP contribution in [0.2, 0.25) is 0 Å². The second kappa shape index (κ2) is 5.57. The zero-order valence-electron chi connectivity index (χ0n) is 11.7. The van der Waals surface area contributed by atoms with Gasteiger partial charge in [0.2, 0.25) is 0 Å². The Morgan fingerprint density at radius 2 is 2.26 bits per heavy atom. The molecule has 1 aromatic rings. The predicted molar refractivity (Wildman–Crippen MR) is 74.2 cm³/mol. The van der Waals surface area contributed by atoms with E-state index in [1.807, 2.05) is 13.8 Å². The monoisotopic (exact) mass is 263 g/mol. The number of nitrogens with one attached hydrogen (secondary N) is 1. The summed E-state index contributed by atoms with van der Waals surface area (Å²) in [6.45, 7) is 5.00. The summed E-state index contributed by atoms with van der Waals surface area (Å²) in [5, 5.41) is 12.8. The number of hydrogen-bond donors (Lipinski definition) is 2. The van der Waals surface area contributed by atoms with Gasteiger partial charge in [0.25, 0.3) is 5.91 Å². The van der Waals surface area contributed by atoms with Gasteiger partial charge in [-0.2, -0.15) is 0 Å². The Hall–Kier alpha value is -1.62. The second-order valence-corrected chi connectivity index (χ2v) is 5.22. The number of β-amino-alcohol motifs (C(OH)–C–C–N with tert-alkyl or cyclic N) is 1. The smallest absolute Gasteiger partial charge is 0.254 e. The lowest BCUT2D eigenvalue weighted by atomic mass is 9.95. The highest BCUT2D eigenvalue weighted by atomic mass is 16.3. The molecule has 0 radical (unpaired) electrons. The Morgan fingerprint density at radius 1 is 1.53 bits per heavy atom. The Balaban J connectivity index is 2.17. The van der Waals surface area contributed by atoms with Crippen molar-refractivity contribution in [2.45, 2.75) is 26.4 Å². The first-order valence-corrected chi connectivity index (χ1v) is 6.65. The predicted octanol–water partition coefficient (Wildman–Crippen LogP) is 1.27. The minimum atomic E-state index is -0.426. The Labute approximate surface area is 113 Å². The summed E-state index contributed by atoms with van der Waals surface area (Å²) < 4.78 is 0. The molecule has 2 unspecified atom stereocenters. The Morgan fingerprint density at radius 3 is 2.89 bits per heavy atom. The SMILES string of the molecule is CNc1cc(C(=O)N2CCC(C)C(O)C2)cc(C)n1. The first-order valence-electron chi connectivity index (χ1n) is 6.65. The quantitative estimate of drug-likeness (QED) is 0.843. The summed E-state index contributed by atoms with van der Waals surface area (Å²) in [6, 6.07) is 3.54. The number of carbonyl (C=O) groups excluding carboxylic acids is 1. The van der Waals surface area contributed by atoms with Gasteiger partial charge < -0.3 is 15.3 Å². The fourth-order valence-corrected chi connectivity index (χ4v) is 2.34. The normalized spacial score (nSPS) is 23.3. The topological polar surface area (TPSA) is 65.5 Å². The van der Waals surface area contributed by atoms with Crippen LogP contribution in [-0.2, 0) is 0 Å². The number of piperidine rings is 1. The van der Waals surface area contributed by atoms with Crippen molar-refractivity contribution in [1.82, 2.24) is 9.88 Å². The maximum atomic E-state index is 12.4. The van der Waals surface area contributed by atoms with Gasteiger partial charge in [0.05, 0.1) is 6.10 Å². The van der Waals surface area contributed by atoms with Crippen molar-refractivity contribution < 1.29 is 9.90 Å². The Bertz CT molecular complexity index is 476. The molecule has 1 amide bonds. The van der Waals surface area contributed by atoms with Crippen LogP contribution in [0.1, 0.15) is 29.4 Å². The van der Waals surface area contributed by atoms with Crippen molar-refractivity contribution in [3.63, 3.8) is 0 Å². The molecule has 1 aromatic heterocycles. The number of rotatable bonds is 2. The fraction of sp³-hybridized carbons (Fsp3) is 0.571. The van der Waals surface area contributed by atoms with Gasteiger partial charge in [0.1, 0.15) is 5.82 Å². The molecule has 2 rings (SSSR count). The summed E-state index contributed by atoms with van der Waals surface area (Å²) >= 11 is 0. The third-order valence-corrected chi connectivity index (χ3v) is 3.66. The average Bonchev–Trinajstić information content (AvgIpc) is 2.40. The number of aliphatic hydroxyl groups excluding tert-OH is 1. The molecule has 0 saturated carbocycles. The number of aliphatic hydroxyl groups is 1. The fourth-order valence-electron chi connectivity index (χ4n) is 2.34. The van der Waals surface area contributed by atoms with E-state index in [4.69, 9.17) is 0 Å². The number of likely N-dealkylation sites (tertiary alicyclic amines) is 1. The average molecular weight is 263 g/mol. The van der Waals surface area contributed by atoms with E-state index >= 15 is 0 Å². The van der Waals surface area contributed by atoms with Gasteiger partial charge in [-0.3, -0.25) is 4.79 Å². The van der Waals surface area contributed by atoms with E-state index in [1.165, 1.54) is 0 Å². The van der Waals surface area contributed by atoms with E-state index in [9.17, 15) is 9.90 Å². The highest BCUT2D eigenvalue weighted by molar-refractivity contribution is 5.95. The van der Waals surface area contributed by atoms with Gasteiger partial charge in [-0.05, 0) is 31.4 Å². The van der Waals surface area contributed by atoms with Gasteiger partial charge in [-0.1, -0.05) is 6.92 Å². The molecule has 1 saturated heterocycles. The summed E-state index contributed by atoms with van der Waals surface area (Å²) in [6.07, 6.45) is 0.417. The summed E-state index contributed by atoms with van der Waals surface area (Å²) in [5.41, 5.74) is 1.43. The summed E-state index contributed by atoms with van der Waals surface area (Å²) in [7, 11) is 1.78. The van der Waals surface area contributed by atoms with E-state index in [1.54, 1.807) is 24.1 Å². The molecule has 1 aliphatic rings. The maximum Gasteiger partial charge on any atom is 0.254 e. The van der Waals surface area contributed by atoms with E-state index in [0.29, 0.717) is 24.5 Å². The summed E-state index contributed by atoms with van der Waals surface area (Å²) in [4.78, 5) is 18.4. The first-order chi connectivity index (χ1) is 9.01. The zero-order valence-corrected chi connectivity index (χ0v) is 11.7. The minimum absolute atomic E-state index is 0.0343. The molecule has 5 heteroatoms. The molecule has 0 aliphatic carbocycles. The van der Waals surface area contributed by atoms with Crippen LogP contribution in [0.4, 0.5) is 5.82 Å². The van der Waals surface area contributed by atoms with Crippen LogP contribution in [0.5, 0.6) is 0 Å². The van der Waals surface area contributed by atoms with Crippen LogP contribution in [0.3, 0.4) is 0 Å². The van der Waals surface area contributed by atoms with Crippen molar-refractivity contribution >= 4 is 11.7 Å². The number of amides is 1. The molecule has 19 heavy (non-hydrogen) atoms. The largest absolute Gasteiger partial charge is 0.391 e. The van der Waals surface area contributed by atoms with Crippen molar-refractivity contribution in [2.24, 2.45) is 5.92 Å². The molecule has 0 spiro atoms. The third kappa shape index (κ3) is 3.04. The van der Waals surface area contributed by atoms with Crippen LogP contribution in [0, 0.1) is 12.8 Å². The van der Waals surface area contributed by atoms with Crippen LogP contribution < -0.4 is 5.32 Å². The zero-order chi connectivity index (χ0) is 14.0. The molecule has 1 fully saturated rings. The molecule has 5 nitrogen and oxygen atoms in total. The molecular weight excluding hydrogens is 242 g/mol. The number of hydrogen-bond acceptors (Lipinski definition) is 4. The number of nitrogens with zero attached hydrogens (tertiary/aromatic N) is 2. The van der Waals surface area contributed by atoms with Gasteiger partial charge in [0.15, 0.2) is 0 Å². The Kier molecular flexibility index (Phi) is 4.04. The maximum absolute atomic E-state index is 12.4. The van der Waals surface area contributed by atoms with Gasteiger partial charge in [-0.25, -0.2) is 4.98 Å². The van der Waals surface area contributed by atoms with E-state index < -0.39 is 6.10 Å². The molecular formula is C14H21N3O2. The number of pyridine rings is 1. The molecule has 0 bridgehead atoms. The molecule has 0 aromatic carbocycles. The lowest BCUT2D eigenvalue weighted by molar-refractivity contribution is 0.0248. The van der Waals surface area contributed by atoms with Crippen LogP contribution in [-0.4, -0.2) is 47.1 Å². The molecule has 2 heterocycles. The lowest BCUT2D eigenvalue weighted by Gasteiger charge is -2.34. The van der Waals surface area contributed by atoms with Gasteiger partial charge in [-0.15, -0.1) is 0 Å². The van der Waals surface area contributed by atoms with Crippen LogP contribution in [0.15, 0.2) is 12.1 Å². The third-order valence-electron chi connectivity index (χ3n) is 3.66. The van der Waals surface area contributed by atoms with Gasteiger partial charge >= 0.3 is 0 Å².